The molecule has 0 aromatic heterocycles. The number of fused-ring (bicyclic) bond motifs is 6. The lowest BCUT2D eigenvalue weighted by Crippen LogP contribution is -3.00. The third-order valence-electron chi connectivity index (χ3n) is 19.6. The zero-order valence-corrected chi connectivity index (χ0v) is 58.5. The minimum atomic E-state index is -1.24. The molecule has 14 nitrogen and oxygen atoms in total. The number of halogens is 3. The second-order valence-electron chi connectivity index (χ2n) is 25.3. The summed E-state index contributed by atoms with van der Waals surface area (Å²) in [5, 5.41) is 23.5. The van der Waals surface area contributed by atoms with Crippen molar-refractivity contribution in [3.05, 3.63) is 202 Å². The van der Waals surface area contributed by atoms with Crippen LogP contribution >= 0.6 is 8.03 Å². The van der Waals surface area contributed by atoms with Gasteiger partial charge in [0, 0.05) is 43.5 Å². The molecule has 19 heteroatoms. The zero-order valence-electron chi connectivity index (χ0n) is 55.3. The number of piperazine rings is 6. The lowest BCUT2D eigenvalue weighted by Gasteiger charge is -2.55. The van der Waals surface area contributed by atoms with E-state index in [1.807, 2.05) is 100 Å². The minimum Gasteiger partial charge on any atom is -1.00 e. The number of hydrogen-bond acceptors (Lipinski definition) is 5. The Hall–Kier alpha value is -5.80. The van der Waals surface area contributed by atoms with Crippen molar-refractivity contribution in [3.8, 4) is 22.3 Å². The van der Waals surface area contributed by atoms with Gasteiger partial charge in [-0.15, -0.1) is 0 Å². The van der Waals surface area contributed by atoms with Gasteiger partial charge in [-0.05, 0) is 88.3 Å². The van der Waals surface area contributed by atoms with Gasteiger partial charge in [-0.2, -0.15) is 0 Å². The maximum Gasteiger partial charge on any atom is 0.311 e. The van der Waals surface area contributed by atoms with Crippen molar-refractivity contribution in [1.29, 1.82) is 0 Å². The quantitative estimate of drug-likeness (QED) is 0.0130. The summed E-state index contributed by atoms with van der Waals surface area (Å²) in [6, 6.07) is 54.1. The number of hydrogen-bond donors (Lipinski definition) is 3. The molecule has 94 heavy (non-hydrogen) atoms. The summed E-state index contributed by atoms with van der Waals surface area (Å²) >= 11 is 0. The van der Waals surface area contributed by atoms with Crippen LogP contribution in [0.15, 0.2) is 163 Å². The van der Waals surface area contributed by atoms with Crippen molar-refractivity contribution < 1.29 is 90.0 Å². The molecule has 12 rings (SSSR count). The predicted molar refractivity (Wildman–Crippen MR) is 375 cm³/mol. The first-order valence-electron chi connectivity index (χ1n) is 32.9. The fourth-order valence-corrected chi connectivity index (χ4v) is 14.5. The van der Waals surface area contributed by atoms with Gasteiger partial charge in [0.15, 0.2) is 7.57 Å². The smallest absolute Gasteiger partial charge is 0.311 e. The van der Waals surface area contributed by atoms with E-state index in [0.29, 0.717) is 13.0 Å². The molecule has 4 bridgehead atoms. The van der Waals surface area contributed by atoms with Crippen LogP contribution < -0.4 is 43.0 Å². The molecule has 2 radical (unpaired) electrons. The van der Waals surface area contributed by atoms with E-state index in [9.17, 15) is 24.6 Å². The number of carbonyl (C=O) groups excluding carboxylic acids is 1. The Bertz CT molecular complexity index is 3160. The average molecular weight is 1370 g/mol. The largest absolute Gasteiger partial charge is 1.00 e. The monoisotopic (exact) mass is 1360 g/mol. The summed E-state index contributed by atoms with van der Waals surface area (Å²) in [5.74, 6) is -4.51. The predicted octanol–water partition coefficient (Wildman–Crippen LogP) is 4.58. The number of aliphatic carboxylic acids is 2. The number of quaternary nitrogens is 5. The lowest BCUT2D eigenvalue weighted by molar-refractivity contribution is -1.09. The highest BCUT2D eigenvalue weighted by atomic mass is 35.5. The highest BCUT2D eigenvalue weighted by Gasteiger charge is 2.50. The molecule has 6 heterocycles. The van der Waals surface area contributed by atoms with Crippen LogP contribution in [0.3, 0.4) is 0 Å². The van der Waals surface area contributed by atoms with Crippen molar-refractivity contribution in [2.75, 3.05) is 111 Å². The third-order valence-corrected chi connectivity index (χ3v) is 20.1. The molecule has 6 aliphatic rings. The van der Waals surface area contributed by atoms with Crippen LogP contribution in [-0.4, -0.2) is 165 Å². The Morgan fingerprint density at radius 1 is 0.500 bits per heavy atom. The van der Waals surface area contributed by atoms with Crippen molar-refractivity contribution in [1.82, 2.24) is 0 Å². The first-order chi connectivity index (χ1) is 43.1. The number of azide groups is 1. The van der Waals surface area contributed by atoms with Gasteiger partial charge in [0.05, 0.1) is 37.4 Å². The average Bonchev–Trinajstić information content (AvgIpc) is 0.771. The van der Waals surface area contributed by atoms with Gasteiger partial charge >= 0.3 is 17.9 Å². The van der Waals surface area contributed by atoms with E-state index in [1.54, 1.807) is 6.66 Å². The van der Waals surface area contributed by atoms with Gasteiger partial charge in [-0.3, -0.25) is 14.4 Å². The van der Waals surface area contributed by atoms with Crippen molar-refractivity contribution in [2.45, 2.75) is 101 Å². The summed E-state index contributed by atoms with van der Waals surface area (Å²) in [7, 11) is 4.62. The summed E-state index contributed by atoms with van der Waals surface area (Å²) in [4.78, 5) is 40.1. The van der Waals surface area contributed by atoms with Crippen LogP contribution in [0.4, 0.5) is 0 Å². The van der Waals surface area contributed by atoms with Crippen LogP contribution in [0, 0.1) is 23.7 Å². The molecule has 0 amide bonds. The summed E-state index contributed by atoms with van der Waals surface area (Å²) in [6.45, 7) is 33.3. The van der Waals surface area contributed by atoms with Crippen LogP contribution in [0.5, 0.6) is 0 Å². The van der Waals surface area contributed by atoms with Crippen LogP contribution in [0.25, 0.3) is 32.7 Å². The Morgan fingerprint density at radius 3 is 1.12 bits per heavy atom. The molecule has 512 valence electrons. The highest BCUT2D eigenvalue weighted by Crippen LogP contribution is 2.35. The topological polar surface area (TPSA) is 177 Å². The minimum absolute atomic E-state index is 0. The number of rotatable bonds is 27. The molecule has 6 fully saturated rings. The van der Waals surface area contributed by atoms with Gasteiger partial charge in [-0.1, -0.05) is 212 Å². The fraction of sp³-hybridized carbons (Fsp3) is 0.480. The first-order valence-corrected chi connectivity index (χ1v) is 34.7. The zero-order chi connectivity index (χ0) is 63.9. The summed E-state index contributed by atoms with van der Waals surface area (Å²) in [5.41, 5.74) is 24.0. The summed E-state index contributed by atoms with van der Waals surface area (Å²) in [6.07, 6.45) is 4.03. The second kappa shape index (κ2) is 41.3. The molecule has 5 atom stereocenters. The molecule has 0 spiro atoms. The van der Waals surface area contributed by atoms with Crippen molar-refractivity contribution in [3.63, 3.8) is 0 Å². The molecule has 1 unspecified atom stereocenters. The molecule has 0 aliphatic carbocycles. The van der Waals surface area contributed by atoms with Crippen LogP contribution in [0.1, 0.15) is 95.7 Å². The molecule has 6 saturated heterocycles. The van der Waals surface area contributed by atoms with E-state index in [4.69, 9.17) is 17.6 Å². The summed E-state index contributed by atoms with van der Waals surface area (Å²) < 4.78 is 10.4. The van der Waals surface area contributed by atoms with E-state index in [2.05, 4.69) is 108 Å². The standard InChI is InChI=1S/C35H45BN5O2P.C34H41N3O4.2C2H6.2CH4.3ClH/c1-28(34(35(42)43-44(2)36)26-29-7-4-3-5-8-29)25-30-9-13-32(14-10-30)33-15-11-31(12-16-33)27-41-22-19-40(20-23-41,21-24-41)18-6-17-38-39-37;35-15-4-16-36-17-20-37(21-18-36,22-19-36)25-28-9-13-30(14-10-28)29-11-7-27(8-12-29)24-32(34(40)41)31(33(38)39)23-26-5-2-1-3-6-26;2*1-2;;;;;/h3-5,7-16,28,34H,6,17-27H2,1-2H3;1-3,5-14,31-32H,4,15-25,35H2;2*1-2H3;2*1H4;3*1H/q+2;;;;;;;;/t28-,34-,40?,41?,44?;31-,32-,36?,37?;;;;;;;/m00......./s1. The number of carbonyl (C=O) groups is 3. The maximum atomic E-state index is 13.0. The van der Waals surface area contributed by atoms with Gasteiger partial charge in [0.25, 0.3) is 0 Å². The number of benzene rings is 6. The molecule has 6 aromatic rings. The van der Waals surface area contributed by atoms with Crippen LogP contribution in [0.2, 0.25) is 0 Å². The lowest BCUT2D eigenvalue weighted by atomic mass is 9.82. The molecular formula is C75H109BCl3N8O6P+2. The number of carboxylic acid groups (broad SMARTS) is 2. The Kier molecular flexibility index (Phi) is 37.1. The van der Waals surface area contributed by atoms with Gasteiger partial charge in [0.2, 0.25) is 0 Å². The first kappa shape index (κ1) is 84.3. The molecule has 6 aliphatic heterocycles. The van der Waals surface area contributed by atoms with Gasteiger partial charge in [-0.25, -0.2) is 0 Å². The van der Waals surface area contributed by atoms with E-state index in [0.717, 1.165) is 66.8 Å². The second-order valence-corrected chi connectivity index (χ2v) is 26.6. The highest BCUT2D eigenvalue weighted by molar-refractivity contribution is 7.77. The van der Waals surface area contributed by atoms with E-state index in [-0.39, 0.29) is 82.7 Å². The van der Waals surface area contributed by atoms with Crippen LogP contribution in [-0.2, 0) is 57.7 Å². The Labute approximate surface area is 585 Å². The van der Waals surface area contributed by atoms with Gasteiger partial charge < -0.3 is 75.6 Å². The van der Waals surface area contributed by atoms with E-state index >= 15 is 0 Å². The maximum absolute atomic E-state index is 13.0. The normalized spacial score (nSPS) is 20.9. The Balaban J connectivity index is 0.000000580. The van der Waals surface area contributed by atoms with Crippen molar-refractivity contribution >= 4 is 33.5 Å². The fourth-order valence-electron chi connectivity index (χ4n) is 14.1. The van der Waals surface area contributed by atoms with Crippen molar-refractivity contribution in [2.24, 2.45) is 28.8 Å². The Morgan fingerprint density at radius 2 is 0.798 bits per heavy atom. The molecule has 0 saturated carbocycles. The number of nitrogens with zero attached hydrogens (tertiary/aromatic N) is 7. The van der Waals surface area contributed by atoms with Gasteiger partial charge in [0.1, 0.15) is 91.6 Å². The molecule has 6 aromatic carbocycles. The SMILES string of the molecule is C.C.CC.CC.[B]P(C)OC(=O)[C@@H](Cc1ccccc1)[C@@H](C)Cc1ccc(-c2ccc(C[N+]34CC[N+](CCCN=[N+]=[N-])(CC3)CC4)cc2)cc1.[Cl-].[Cl-].[Cl-].[NH3+]CCC[N+]12CC[N+](Cc3ccc(-c4ccc(C[C@H](C(=O)O)[C@H](Cc5ccccc5)C(=O)O)cc4)cc3)(CC1)CC2. The van der Waals surface area contributed by atoms with E-state index in [1.165, 1.54) is 137 Å². The molecule has 5 N–H and O–H groups in total. The molecular weight excluding hydrogens is 1260 g/mol. The van der Waals surface area contributed by atoms with E-state index < -0.39 is 31.8 Å². The third kappa shape index (κ3) is 23.8. The number of carboxylic acids is 2.